The zero-order valence-electron chi connectivity index (χ0n) is 24.2. The van der Waals surface area contributed by atoms with Gasteiger partial charge >= 0.3 is 11.9 Å². The van der Waals surface area contributed by atoms with E-state index in [1.54, 1.807) is 23.5 Å². The van der Waals surface area contributed by atoms with Crippen molar-refractivity contribution in [2.45, 2.75) is 119 Å². The van der Waals surface area contributed by atoms with E-state index in [4.69, 9.17) is 19.0 Å². The van der Waals surface area contributed by atoms with Crippen molar-refractivity contribution in [1.29, 1.82) is 0 Å². The molecule has 42 heavy (non-hydrogen) atoms. The van der Waals surface area contributed by atoms with Gasteiger partial charge in [-0.05, 0) is 88.8 Å². The number of esters is 1. The van der Waals surface area contributed by atoms with Crippen molar-refractivity contribution >= 4 is 38.6 Å². The summed E-state index contributed by atoms with van der Waals surface area (Å²) in [4.78, 5) is 32.9. The van der Waals surface area contributed by atoms with Crippen LogP contribution in [0.25, 0.3) is 10.2 Å². The molecular formula is C32H37N3O6S. The number of hydrogen-bond donors (Lipinski definition) is 1. The minimum Gasteiger partial charge on any atom is -0.478 e. The van der Waals surface area contributed by atoms with Crippen molar-refractivity contribution in [3.8, 4) is 0 Å². The van der Waals surface area contributed by atoms with Crippen LogP contribution in [-0.4, -0.2) is 58.1 Å². The van der Waals surface area contributed by atoms with Gasteiger partial charge in [0.2, 0.25) is 0 Å². The van der Waals surface area contributed by atoms with Crippen LogP contribution in [-0.2, 0) is 14.9 Å². The topological polar surface area (TPSA) is 115 Å². The smallest absolute Gasteiger partial charge is 0.344 e. The fourth-order valence-electron chi connectivity index (χ4n) is 8.46. The average Bonchev–Trinajstić information content (AvgIpc) is 3.47. The van der Waals surface area contributed by atoms with Crippen LogP contribution in [0.5, 0.6) is 0 Å². The fraction of sp³-hybridized carbons (Fsp3) is 0.625. The minimum atomic E-state index is -0.923. The molecule has 2 saturated heterocycles. The number of carbonyl (C=O) groups is 2. The number of carboxylic acid groups (broad SMARTS) is 1. The number of ether oxygens (including phenoxy) is 2. The Balaban J connectivity index is 1.03. The van der Waals surface area contributed by atoms with Gasteiger partial charge in [-0.2, -0.15) is 0 Å². The lowest BCUT2D eigenvalue weighted by molar-refractivity contribution is -0.0967. The van der Waals surface area contributed by atoms with E-state index < -0.39 is 5.97 Å². The molecule has 10 heteroatoms. The zero-order chi connectivity index (χ0) is 28.8. The Morgan fingerprint density at radius 3 is 2.36 bits per heavy atom. The molecule has 4 bridgehead atoms. The number of benzene rings is 1. The van der Waals surface area contributed by atoms with E-state index in [2.05, 4.69) is 10.1 Å². The third kappa shape index (κ3) is 4.12. The van der Waals surface area contributed by atoms with E-state index in [1.165, 1.54) is 0 Å². The summed E-state index contributed by atoms with van der Waals surface area (Å²) < 4.78 is 19.1. The molecule has 0 spiro atoms. The summed E-state index contributed by atoms with van der Waals surface area (Å²) in [6, 6.07) is 3.90. The first kappa shape index (κ1) is 26.6. The number of nitrogens with zero attached hydrogens (tertiary/aromatic N) is 3. The van der Waals surface area contributed by atoms with Crippen LogP contribution in [0.1, 0.15) is 121 Å². The summed E-state index contributed by atoms with van der Waals surface area (Å²) in [5.41, 5.74) is 3.36. The number of methoxy groups -OCH3 is 1. The molecule has 3 aromatic rings. The summed E-state index contributed by atoms with van der Waals surface area (Å²) in [6.07, 6.45) is 11.4. The summed E-state index contributed by atoms with van der Waals surface area (Å²) >= 11 is 1.56. The second-order valence-corrected chi connectivity index (χ2v) is 14.5. The second kappa shape index (κ2) is 9.51. The number of fused-ring (bicyclic) bond motifs is 6. The maximum Gasteiger partial charge on any atom is 0.344 e. The van der Waals surface area contributed by atoms with Gasteiger partial charge in [0.05, 0.1) is 21.4 Å². The largest absolute Gasteiger partial charge is 0.478 e. The maximum absolute atomic E-state index is 14.0. The number of hydrogen-bond acceptors (Lipinski definition) is 9. The fourth-order valence-corrected chi connectivity index (χ4v) is 9.69. The highest BCUT2D eigenvalue weighted by Crippen LogP contribution is 2.56. The van der Waals surface area contributed by atoms with E-state index in [1.807, 2.05) is 14.0 Å². The molecule has 222 valence electrons. The second-order valence-electron chi connectivity index (χ2n) is 13.4. The first-order valence-electron chi connectivity index (χ1n) is 15.5. The van der Waals surface area contributed by atoms with E-state index in [0.717, 1.165) is 109 Å². The van der Waals surface area contributed by atoms with Crippen LogP contribution < -0.4 is 4.90 Å². The van der Waals surface area contributed by atoms with Gasteiger partial charge in [-0.3, -0.25) is 0 Å². The molecule has 4 aliphatic carbocycles. The number of thiazole rings is 1. The molecule has 3 atom stereocenters. The van der Waals surface area contributed by atoms with Crippen molar-refractivity contribution in [3.63, 3.8) is 0 Å². The van der Waals surface area contributed by atoms with Crippen LogP contribution in [0.4, 0.5) is 5.13 Å². The van der Waals surface area contributed by atoms with Gasteiger partial charge in [0.25, 0.3) is 0 Å². The molecule has 6 fully saturated rings. The van der Waals surface area contributed by atoms with Gasteiger partial charge in [0, 0.05) is 43.4 Å². The molecule has 9 rings (SSSR count). The summed E-state index contributed by atoms with van der Waals surface area (Å²) in [5, 5.41) is 15.0. The SMILES string of the molecule is COC12CCC(c3noc(C4CC4)c3C(=O)O[C@H]3C[C@H]4CC[C@@H](C3)N4c3nc4c(C)cc(C(=O)O)cc4s3)(CC1)CC2. The van der Waals surface area contributed by atoms with Crippen LogP contribution in [0.15, 0.2) is 16.7 Å². The predicted molar refractivity (Wildman–Crippen MR) is 157 cm³/mol. The quantitative estimate of drug-likeness (QED) is 0.307. The number of piperidine rings is 1. The molecule has 1 aromatic carbocycles. The lowest BCUT2D eigenvalue weighted by Gasteiger charge is -2.52. The van der Waals surface area contributed by atoms with Crippen LogP contribution in [0, 0.1) is 6.92 Å². The predicted octanol–water partition coefficient (Wildman–Crippen LogP) is 6.52. The molecule has 4 heterocycles. The molecule has 0 unspecified atom stereocenters. The van der Waals surface area contributed by atoms with Crippen molar-refractivity contribution in [2.24, 2.45) is 0 Å². The number of carbonyl (C=O) groups excluding carboxylic acids is 1. The van der Waals surface area contributed by atoms with Gasteiger partial charge in [-0.15, -0.1) is 0 Å². The maximum atomic E-state index is 14.0. The molecule has 0 radical (unpaired) electrons. The Kier molecular flexibility index (Phi) is 6.03. The Hall–Kier alpha value is -2.98. The van der Waals surface area contributed by atoms with Gasteiger partial charge in [0.15, 0.2) is 10.9 Å². The number of aromatic carboxylic acids is 1. The van der Waals surface area contributed by atoms with Crippen LogP contribution in [0.2, 0.25) is 0 Å². The van der Waals surface area contributed by atoms with E-state index in [0.29, 0.717) is 11.1 Å². The highest BCUT2D eigenvalue weighted by atomic mass is 32.1. The third-order valence-electron chi connectivity index (χ3n) is 11.1. The van der Waals surface area contributed by atoms with Gasteiger partial charge < -0.3 is 24.0 Å². The van der Waals surface area contributed by atoms with E-state index in [-0.39, 0.29) is 41.1 Å². The van der Waals surface area contributed by atoms with Gasteiger partial charge in [-0.1, -0.05) is 16.5 Å². The Morgan fingerprint density at radius 1 is 1.05 bits per heavy atom. The lowest BCUT2D eigenvalue weighted by Crippen LogP contribution is -2.50. The number of aryl methyl sites for hydroxylation is 1. The van der Waals surface area contributed by atoms with Gasteiger partial charge in [-0.25, -0.2) is 14.6 Å². The van der Waals surface area contributed by atoms with E-state index >= 15 is 0 Å². The molecule has 2 aliphatic heterocycles. The summed E-state index contributed by atoms with van der Waals surface area (Å²) in [5.74, 6) is -0.165. The lowest BCUT2D eigenvalue weighted by atomic mass is 9.57. The van der Waals surface area contributed by atoms with Crippen LogP contribution in [0.3, 0.4) is 0 Å². The molecule has 1 N–H and O–H groups in total. The van der Waals surface area contributed by atoms with Crippen molar-refractivity contribution in [1.82, 2.24) is 10.1 Å². The van der Waals surface area contributed by atoms with E-state index in [9.17, 15) is 14.7 Å². The summed E-state index contributed by atoms with van der Waals surface area (Å²) in [6.45, 7) is 1.92. The minimum absolute atomic E-state index is 0.0146. The molecular weight excluding hydrogens is 554 g/mol. The molecule has 6 aliphatic rings. The Bertz CT molecular complexity index is 1550. The molecule has 0 amide bonds. The summed E-state index contributed by atoms with van der Waals surface area (Å²) in [7, 11) is 1.83. The zero-order valence-corrected chi connectivity index (χ0v) is 25.0. The third-order valence-corrected chi connectivity index (χ3v) is 12.1. The molecule has 2 aromatic heterocycles. The Morgan fingerprint density at radius 2 is 1.74 bits per heavy atom. The normalized spacial score (nSPS) is 32.0. The van der Waals surface area contributed by atoms with Crippen molar-refractivity contribution < 1.29 is 28.7 Å². The highest BCUT2D eigenvalue weighted by molar-refractivity contribution is 7.22. The first-order chi connectivity index (χ1) is 20.3. The first-order valence-corrected chi connectivity index (χ1v) is 16.3. The molecule has 9 nitrogen and oxygen atoms in total. The Labute approximate surface area is 248 Å². The van der Waals surface area contributed by atoms with Crippen molar-refractivity contribution in [2.75, 3.05) is 12.0 Å². The van der Waals surface area contributed by atoms with Crippen molar-refractivity contribution in [3.05, 3.63) is 40.3 Å². The highest BCUT2D eigenvalue weighted by Gasteiger charge is 2.54. The van der Waals surface area contributed by atoms with Crippen LogP contribution >= 0.6 is 11.3 Å². The molecule has 4 saturated carbocycles. The standard InChI is InChI=1S/C32H37N3O6S/c1-17-13-19(28(36)37)14-23-25(17)33-30(42-23)35-20-5-6-21(35)16-22(15-20)40-29(38)24-26(18-3-4-18)41-34-27(24)31-7-10-32(39-2,11-8-31)12-9-31/h13-14,18,20-22H,3-12,15-16H2,1-2H3,(H,36,37)/t20-,21+,22+,31?,32?. The van der Waals surface area contributed by atoms with Gasteiger partial charge in [0.1, 0.15) is 17.4 Å². The monoisotopic (exact) mass is 591 g/mol. The number of anilines is 1. The average molecular weight is 592 g/mol. The number of rotatable bonds is 7. The number of carboxylic acids is 1. The number of aromatic nitrogens is 2.